The second-order valence-corrected chi connectivity index (χ2v) is 5.19. The summed E-state index contributed by atoms with van der Waals surface area (Å²) in [6, 6.07) is 15.8. The van der Waals surface area contributed by atoms with Crippen molar-refractivity contribution in [1.82, 2.24) is 5.32 Å². The third-order valence-corrected chi connectivity index (χ3v) is 3.95. The molecule has 0 aromatic heterocycles. The average Bonchev–Trinajstić information content (AvgIpc) is 2.46. The molecule has 0 fully saturated rings. The predicted octanol–water partition coefficient (Wildman–Crippen LogP) is 4.59. The van der Waals surface area contributed by atoms with Crippen LogP contribution in [0.3, 0.4) is 0 Å². The quantitative estimate of drug-likeness (QED) is 0.838. The van der Waals surface area contributed by atoms with Gasteiger partial charge in [-0.3, -0.25) is 0 Å². The zero-order chi connectivity index (χ0) is 14.5. The number of aryl methyl sites for hydroxylation is 1. The fourth-order valence-electron chi connectivity index (χ4n) is 2.93. The van der Waals surface area contributed by atoms with E-state index in [0.29, 0.717) is 5.92 Å². The fraction of sp³-hybridized carbons (Fsp3) is 0.333. The number of nitrogens with one attached hydrogen (secondary N) is 1. The first kappa shape index (κ1) is 14.7. The van der Waals surface area contributed by atoms with Gasteiger partial charge in [0.05, 0.1) is 0 Å². The van der Waals surface area contributed by atoms with Crippen molar-refractivity contribution in [2.24, 2.45) is 0 Å². The highest BCUT2D eigenvalue weighted by molar-refractivity contribution is 5.33. The van der Waals surface area contributed by atoms with Crippen LogP contribution >= 0.6 is 0 Å². The van der Waals surface area contributed by atoms with Gasteiger partial charge in [-0.2, -0.15) is 0 Å². The molecule has 0 saturated carbocycles. The van der Waals surface area contributed by atoms with Crippen molar-refractivity contribution in [1.29, 1.82) is 0 Å². The lowest BCUT2D eigenvalue weighted by Gasteiger charge is -2.28. The molecule has 0 aliphatic heterocycles. The maximum atomic E-state index is 13.3. The van der Waals surface area contributed by atoms with Gasteiger partial charge in [-0.25, -0.2) is 4.39 Å². The highest BCUT2D eigenvalue weighted by Gasteiger charge is 2.23. The van der Waals surface area contributed by atoms with Gasteiger partial charge >= 0.3 is 0 Å². The number of benzene rings is 2. The van der Waals surface area contributed by atoms with Gasteiger partial charge < -0.3 is 5.32 Å². The van der Waals surface area contributed by atoms with Crippen LogP contribution in [0.2, 0.25) is 0 Å². The van der Waals surface area contributed by atoms with Gasteiger partial charge in [0, 0.05) is 12.0 Å². The molecular formula is C18H22FN. The summed E-state index contributed by atoms with van der Waals surface area (Å²) in [5.74, 6) is 0.208. The van der Waals surface area contributed by atoms with E-state index in [4.69, 9.17) is 0 Å². The molecule has 2 atom stereocenters. The van der Waals surface area contributed by atoms with E-state index in [0.717, 1.165) is 12.0 Å². The van der Waals surface area contributed by atoms with Crippen LogP contribution in [0.15, 0.2) is 48.5 Å². The van der Waals surface area contributed by atoms with Crippen molar-refractivity contribution in [3.63, 3.8) is 0 Å². The first-order chi connectivity index (χ1) is 9.67. The summed E-state index contributed by atoms with van der Waals surface area (Å²) in [5.41, 5.74) is 3.49. The van der Waals surface area contributed by atoms with E-state index in [2.05, 4.69) is 36.5 Å². The number of hydrogen-bond acceptors (Lipinski definition) is 1. The second kappa shape index (κ2) is 6.67. The predicted molar refractivity (Wildman–Crippen MR) is 82.4 cm³/mol. The lowest BCUT2D eigenvalue weighted by Crippen LogP contribution is -2.24. The van der Waals surface area contributed by atoms with Crippen LogP contribution in [-0.4, -0.2) is 7.05 Å². The Bertz CT molecular complexity index is 551. The van der Waals surface area contributed by atoms with Crippen molar-refractivity contribution < 1.29 is 4.39 Å². The summed E-state index contributed by atoms with van der Waals surface area (Å²) in [6.45, 7) is 4.17. The minimum absolute atomic E-state index is 0.172. The smallest absolute Gasteiger partial charge is 0.123 e. The Morgan fingerprint density at radius 1 is 1.10 bits per heavy atom. The molecule has 2 heteroatoms. The van der Waals surface area contributed by atoms with Crippen LogP contribution in [0.25, 0.3) is 0 Å². The Morgan fingerprint density at radius 3 is 2.35 bits per heavy atom. The maximum absolute atomic E-state index is 13.3. The number of rotatable bonds is 5. The molecule has 2 aromatic rings. The van der Waals surface area contributed by atoms with Gasteiger partial charge in [0.25, 0.3) is 0 Å². The van der Waals surface area contributed by atoms with Crippen LogP contribution in [0.5, 0.6) is 0 Å². The minimum atomic E-state index is -0.172. The lowest BCUT2D eigenvalue weighted by molar-refractivity contribution is 0.465. The molecule has 106 valence electrons. The second-order valence-electron chi connectivity index (χ2n) is 5.19. The monoisotopic (exact) mass is 271 g/mol. The first-order valence-corrected chi connectivity index (χ1v) is 7.15. The molecule has 20 heavy (non-hydrogen) atoms. The molecule has 0 aliphatic carbocycles. The van der Waals surface area contributed by atoms with Crippen molar-refractivity contribution in [3.05, 3.63) is 71.0 Å². The highest BCUT2D eigenvalue weighted by atomic mass is 19.1. The largest absolute Gasteiger partial charge is 0.312 e. The van der Waals surface area contributed by atoms with Crippen molar-refractivity contribution in [2.45, 2.75) is 32.2 Å². The van der Waals surface area contributed by atoms with Gasteiger partial charge in [-0.05, 0) is 49.2 Å². The van der Waals surface area contributed by atoms with Crippen LogP contribution in [-0.2, 0) is 0 Å². The highest BCUT2D eigenvalue weighted by Crippen LogP contribution is 2.34. The molecule has 0 spiro atoms. The van der Waals surface area contributed by atoms with Gasteiger partial charge in [0.2, 0.25) is 0 Å². The zero-order valence-corrected chi connectivity index (χ0v) is 12.4. The first-order valence-electron chi connectivity index (χ1n) is 7.15. The van der Waals surface area contributed by atoms with Crippen molar-refractivity contribution >= 4 is 0 Å². The van der Waals surface area contributed by atoms with Gasteiger partial charge in [0.15, 0.2) is 0 Å². The molecule has 0 bridgehead atoms. The van der Waals surface area contributed by atoms with E-state index in [9.17, 15) is 4.39 Å². The standard InChI is InChI=1S/C18H22FN/c1-4-16(14-8-6-5-7-9-14)18(20-3)17-11-10-15(19)12-13(17)2/h5-12,16,18,20H,4H2,1-3H3. The molecule has 0 radical (unpaired) electrons. The number of halogens is 1. The molecule has 0 amide bonds. The van der Waals surface area contributed by atoms with E-state index >= 15 is 0 Å². The van der Waals surface area contributed by atoms with E-state index in [-0.39, 0.29) is 11.9 Å². The van der Waals surface area contributed by atoms with Crippen LogP contribution in [0.1, 0.15) is 42.0 Å². The van der Waals surface area contributed by atoms with Gasteiger partial charge in [-0.1, -0.05) is 43.3 Å². The zero-order valence-electron chi connectivity index (χ0n) is 12.4. The van der Waals surface area contributed by atoms with Gasteiger partial charge in [0.1, 0.15) is 5.82 Å². The van der Waals surface area contributed by atoms with E-state index in [1.54, 1.807) is 12.1 Å². The summed E-state index contributed by atoms with van der Waals surface area (Å²) < 4.78 is 13.3. The Balaban J connectivity index is 2.39. The molecule has 1 nitrogen and oxygen atoms in total. The number of likely N-dealkylation sites (N-methyl/N-ethyl adjacent to an activating group) is 1. The molecule has 1 N–H and O–H groups in total. The molecular weight excluding hydrogens is 249 g/mol. The topological polar surface area (TPSA) is 12.0 Å². The molecule has 2 rings (SSSR count). The SMILES string of the molecule is CCC(c1ccccc1)C(NC)c1ccc(F)cc1C. The van der Waals surface area contributed by atoms with E-state index < -0.39 is 0 Å². The molecule has 0 aliphatic rings. The minimum Gasteiger partial charge on any atom is -0.312 e. The Hall–Kier alpha value is -1.67. The summed E-state index contributed by atoms with van der Waals surface area (Å²) in [7, 11) is 1.97. The third-order valence-electron chi connectivity index (χ3n) is 3.95. The summed E-state index contributed by atoms with van der Waals surface area (Å²) >= 11 is 0. The average molecular weight is 271 g/mol. The van der Waals surface area contributed by atoms with Crippen molar-refractivity contribution in [2.75, 3.05) is 7.05 Å². The van der Waals surface area contributed by atoms with Crippen LogP contribution in [0, 0.1) is 12.7 Å². The number of hydrogen-bond donors (Lipinski definition) is 1. The van der Waals surface area contributed by atoms with Gasteiger partial charge in [-0.15, -0.1) is 0 Å². The Kier molecular flexibility index (Phi) is 4.91. The normalized spacial score (nSPS) is 14.0. The Labute approximate surface area is 120 Å². The lowest BCUT2D eigenvalue weighted by atomic mass is 9.84. The summed E-state index contributed by atoms with van der Waals surface area (Å²) in [4.78, 5) is 0. The summed E-state index contributed by atoms with van der Waals surface area (Å²) in [6.07, 6.45) is 1.03. The maximum Gasteiger partial charge on any atom is 0.123 e. The fourth-order valence-corrected chi connectivity index (χ4v) is 2.93. The molecule has 2 unspecified atom stereocenters. The molecule has 0 saturated heterocycles. The van der Waals surface area contributed by atoms with E-state index in [1.165, 1.54) is 11.1 Å². The molecule has 2 aromatic carbocycles. The molecule has 0 heterocycles. The third kappa shape index (κ3) is 3.07. The van der Waals surface area contributed by atoms with E-state index in [1.807, 2.05) is 26.1 Å². The van der Waals surface area contributed by atoms with Crippen molar-refractivity contribution in [3.8, 4) is 0 Å². The van der Waals surface area contributed by atoms with Crippen LogP contribution < -0.4 is 5.32 Å². The summed E-state index contributed by atoms with van der Waals surface area (Å²) in [5, 5.41) is 3.41. The van der Waals surface area contributed by atoms with Crippen LogP contribution in [0.4, 0.5) is 4.39 Å². The Morgan fingerprint density at radius 2 is 1.80 bits per heavy atom.